The van der Waals surface area contributed by atoms with E-state index in [1.807, 2.05) is 0 Å². The topological polar surface area (TPSA) is 0 Å². The molecule has 0 nitrogen and oxygen atoms in total. The zero-order chi connectivity index (χ0) is 16.7. The van der Waals surface area contributed by atoms with Crippen LogP contribution in [0.2, 0.25) is 0 Å². The summed E-state index contributed by atoms with van der Waals surface area (Å²) in [5, 5.41) is 2.80. The van der Waals surface area contributed by atoms with E-state index < -0.39 is 0 Å². The van der Waals surface area contributed by atoms with Gasteiger partial charge in [-0.2, -0.15) is 0 Å². The first kappa shape index (κ1) is 14.0. The van der Waals surface area contributed by atoms with Gasteiger partial charge in [0.05, 0.1) is 0 Å². The number of hydrogen-bond donors (Lipinski definition) is 0. The molecule has 0 aromatic heterocycles. The van der Waals surface area contributed by atoms with Crippen molar-refractivity contribution < 1.29 is 0 Å². The molecule has 24 heavy (non-hydrogen) atoms. The highest BCUT2D eigenvalue weighted by Crippen LogP contribution is 2.48. The average Bonchev–Trinajstić information content (AvgIpc) is 3.01. The summed E-state index contributed by atoms with van der Waals surface area (Å²) in [6, 6.07) is 13.8. The van der Waals surface area contributed by atoms with E-state index in [4.69, 9.17) is 0 Å². The Morgan fingerprint density at radius 3 is 2.46 bits per heavy atom. The molecule has 0 heterocycles. The highest BCUT2D eigenvalue weighted by atomic mass is 14.4. The second-order valence-corrected chi connectivity index (χ2v) is 8.38. The molecule has 0 spiro atoms. The monoisotopic (exact) mass is 310 g/mol. The van der Waals surface area contributed by atoms with Gasteiger partial charge in [-0.05, 0) is 62.0 Å². The van der Waals surface area contributed by atoms with E-state index in [2.05, 4.69) is 88.4 Å². The average molecular weight is 310 g/mol. The van der Waals surface area contributed by atoms with Crippen LogP contribution in [0.5, 0.6) is 0 Å². The maximum absolute atomic E-state index is 2.47. The summed E-state index contributed by atoms with van der Waals surface area (Å²) in [4.78, 5) is 0. The minimum Gasteiger partial charge on any atom is -0.0744 e. The lowest BCUT2D eigenvalue weighted by Gasteiger charge is -2.27. The normalized spacial score (nSPS) is 20.7. The Kier molecular flexibility index (Phi) is 2.45. The van der Waals surface area contributed by atoms with Gasteiger partial charge in [0.25, 0.3) is 0 Å². The molecule has 118 valence electrons. The Morgan fingerprint density at radius 2 is 1.62 bits per heavy atom. The maximum Gasteiger partial charge on any atom is 0.0159 e. The lowest BCUT2D eigenvalue weighted by atomic mass is 9.77. The van der Waals surface area contributed by atoms with Crippen molar-refractivity contribution in [2.24, 2.45) is 5.41 Å². The van der Waals surface area contributed by atoms with E-state index in [0.29, 0.717) is 0 Å². The third-order valence-electron chi connectivity index (χ3n) is 6.06. The standard InChI is InChI=1S/C24H22/c1-23(2)11-7-8-15-12-16-13-19-17-9-5-6-10-20(17)24(3,4)21(19)14-18(16)22(15)23/h5-14H,1-4H3. The molecule has 2 aromatic rings. The Bertz CT molecular complexity index is 1090. The van der Waals surface area contributed by atoms with Crippen LogP contribution in [-0.2, 0) is 5.41 Å². The number of allylic oxidation sites excluding steroid dienone is 4. The molecular weight excluding hydrogens is 288 g/mol. The van der Waals surface area contributed by atoms with Crippen LogP contribution < -0.4 is 10.4 Å². The minimum atomic E-state index is 0.0721. The molecule has 0 saturated carbocycles. The summed E-state index contributed by atoms with van der Waals surface area (Å²) in [6.07, 6.45) is 9.14. The third kappa shape index (κ3) is 1.59. The highest BCUT2D eigenvalue weighted by Gasteiger charge is 2.36. The largest absolute Gasteiger partial charge is 0.0744 e. The molecule has 0 bridgehead atoms. The first-order chi connectivity index (χ1) is 11.4. The molecular formula is C24H22. The fourth-order valence-electron chi connectivity index (χ4n) is 4.82. The van der Waals surface area contributed by atoms with E-state index in [0.717, 1.165) is 0 Å². The van der Waals surface area contributed by atoms with Gasteiger partial charge in [0.2, 0.25) is 0 Å². The van der Waals surface area contributed by atoms with Gasteiger partial charge in [0.1, 0.15) is 0 Å². The Hall–Kier alpha value is -2.34. The molecule has 0 amide bonds. The van der Waals surface area contributed by atoms with Crippen LogP contribution in [0.3, 0.4) is 0 Å². The summed E-state index contributed by atoms with van der Waals surface area (Å²) >= 11 is 0. The number of hydrogen-bond acceptors (Lipinski definition) is 0. The summed E-state index contributed by atoms with van der Waals surface area (Å²) < 4.78 is 0. The van der Waals surface area contributed by atoms with Crippen molar-refractivity contribution >= 4 is 11.6 Å². The van der Waals surface area contributed by atoms with Crippen LogP contribution >= 0.6 is 0 Å². The fraction of sp³-hybridized carbons (Fsp3) is 0.250. The Balaban J connectivity index is 1.91. The maximum atomic E-state index is 2.47. The molecule has 0 fully saturated rings. The zero-order valence-corrected chi connectivity index (χ0v) is 14.8. The van der Waals surface area contributed by atoms with E-state index in [1.54, 1.807) is 0 Å². The van der Waals surface area contributed by atoms with Crippen molar-refractivity contribution in [1.82, 2.24) is 0 Å². The van der Waals surface area contributed by atoms with Gasteiger partial charge in [-0.1, -0.05) is 70.2 Å². The molecule has 0 aliphatic heterocycles. The molecule has 3 aliphatic rings. The van der Waals surface area contributed by atoms with Crippen LogP contribution in [0.15, 0.2) is 60.2 Å². The molecule has 5 rings (SSSR count). The zero-order valence-electron chi connectivity index (χ0n) is 14.8. The number of rotatable bonds is 0. The summed E-state index contributed by atoms with van der Waals surface area (Å²) in [7, 11) is 0. The van der Waals surface area contributed by atoms with Gasteiger partial charge >= 0.3 is 0 Å². The van der Waals surface area contributed by atoms with Crippen LogP contribution in [0.25, 0.3) is 22.8 Å². The highest BCUT2D eigenvalue weighted by molar-refractivity contribution is 5.89. The van der Waals surface area contributed by atoms with Gasteiger partial charge in [0.15, 0.2) is 0 Å². The number of benzene rings is 2. The smallest absolute Gasteiger partial charge is 0.0159 e. The Labute approximate surface area is 143 Å². The van der Waals surface area contributed by atoms with Crippen LogP contribution in [0, 0.1) is 5.41 Å². The molecule has 0 N–H and O–H groups in total. The van der Waals surface area contributed by atoms with E-state index in [1.165, 1.54) is 43.8 Å². The SMILES string of the molecule is CC1(C)C=CC=C2C=c3cc4c(cc3=C21)C(C)(C)c1ccccc1-4. The van der Waals surface area contributed by atoms with Gasteiger partial charge in [-0.3, -0.25) is 0 Å². The predicted octanol–water partition coefficient (Wildman–Crippen LogP) is 4.46. The summed E-state index contributed by atoms with van der Waals surface area (Å²) in [6.45, 7) is 9.36. The molecule has 0 atom stereocenters. The first-order valence-corrected chi connectivity index (χ1v) is 8.80. The summed E-state index contributed by atoms with van der Waals surface area (Å²) in [5.41, 5.74) is 8.76. The quantitative estimate of drug-likeness (QED) is 0.674. The van der Waals surface area contributed by atoms with Crippen molar-refractivity contribution in [1.29, 1.82) is 0 Å². The van der Waals surface area contributed by atoms with E-state index in [9.17, 15) is 0 Å². The van der Waals surface area contributed by atoms with Crippen LogP contribution in [0.1, 0.15) is 38.8 Å². The lowest BCUT2D eigenvalue weighted by molar-refractivity contribution is 0.642. The van der Waals surface area contributed by atoms with Gasteiger partial charge < -0.3 is 0 Å². The minimum absolute atomic E-state index is 0.0721. The molecule has 3 aliphatic carbocycles. The van der Waals surface area contributed by atoms with E-state index in [-0.39, 0.29) is 10.8 Å². The summed E-state index contributed by atoms with van der Waals surface area (Å²) in [5.74, 6) is 0. The molecule has 0 heteroatoms. The molecule has 0 unspecified atom stereocenters. The van der Waals surface area contributed by atoms with E-state index >= 15 is 0 Å². The van der Waals surface area contributed by atoms with Gasteiger partial charge in [-0.15, -0.1) is 0 Å². The number of fused-ring (bicyclic) bond motifs is 5. The van der Waals surface area contributed by atoms with Crippen molar-refractivity contribution in [3.8, 4) is 11.1 Å². The molecule has 2 aromatic carbocycles. The first-order valence-electron chi connectivity index (χ1n) is 8.80. The van der Waals surface area contributed by atoms with Gasteiger partial charge in [-0.25, -0.2) is 0 Å². The lowest BCUT2D eigenvalue weighted by Crippen LogP contribution is -2.30. The van der Waals surface area contributed by atoms with Crippen LogP contribution in [-0.4, -0.2) is 0 Å². The van der Waals surface area contributed by atoms with Gasteiger partial charge in [0, 0.05) is 10.8 Å². The molecule has 0 saturated heterocycles. The predicted molar refractivity (Wildman–Crippen MR) is 102 cm³/mol. The van der Waals surface area contributed by atoms with Crippen LogP contribution in [0.4, 0.5) is 0 Å². The fourth-order valence-corrected chi connectivity index (χ4v) is 4.82. The van der Waals surface area contributed by atoms with Crippen molar-refractivity contribution in [3.63, 3.8) is 0 Å². The third-order valence-corrected chi connectivity index (χ3v) is 6.06. The van der Waals surface area contributed by atoms with Crippen molar-refractivity contribution in [3.05, 3.63) is 81.8 Å². The second-order valence-electron chi connectivity index (χ2n) is 8.38. The second kappa shape index (κ2) is 4.19. The van der Waals surface area contributed by atoms with Crippen molar-refractivity contribution in [2.75, 3.05) is 0 Å². The van der Waals surface area contributed by atoms with Crippen molar-refractivity contribution in [2.45, 2.75) is 33.1 Å². The Morgan fingerprint density at radius 1 is 0.833 bits per heavy atom. The molecule has 0 radical (unpaired) electrons.